The van der Waals surface area contributed by atoms with Gasteiger partial charge in [-0.25, -0.2) is 0 Å². The van der Waals surface area contributed by atoms with Gasteiger partial charge in [-0.15, -0.1) is 0 Å². The van der Waals surface area contributed by atoms with Gasteiger partial charge in [0.2, 0.25) is 0 Å². The fraction of sp³-hybridized carbons (Fsp3) is 1.00. The van der Waals surface area contributed by atoms with Crippen LogP contribution in [-0.2, 0) is 18.9 Å². The minimum atomic E-state index is -0.509. The maximum Gasteiger partial charge on any atom is 0.186 e. The Morgan fingerprint density at radius 2 is 1.87 bits per heavy atom. The average Bonchev–Trinajstić information content (AvgIpc) is 2.53. The molecule has 3 fully saturated rings. The summed E-state index contributed by atoms with van der Waals surface area (Å²) in [5.74, 6) is 0.0354. The Morgan fingerprint density at radius 1 is 1.20 bits per heavy atom. The van der Waals surface area contributed by atoms with Crippen molar-refractivity contribution in [2.45, 2.75) is 57.1 Å². The fourth-order valence-electron chi connectivity index (χ4n) is 2.88. The fourth-order valence-corrected chi connectivity index (χ4v) is 2.88. The highest BCUT2D eigenvalue weighted by Crippen LogP contribution is 2.59. The van der Waals surface area contributed by atoms with Crippen LogP contribution in [-0.4, -0.2) is 37.0 Å². The summed E-state index contributed by atoms with van der Waals surface area (Å²) >= 11 is 0. The summed E-state index contributed by atoms with van der Waals surface area (Å²) in [6.07, 6.45) is 0.733. The average molecular weight is 214 g/mol. The summed E-state index contributed by atoms with van der Waals surface area (Å²) in [5, 5.41) is 0. The van der Waals surface area contributed by atoms with Gasteiger partial charge in [0, 0.05) is 7.11 Å². The molecule has 15 heavy (non-hydrogen) atoms. The van der Waals surface area contributed by atoms with Crippen molar-refractivity contribution in [1.82, 2.24) is 0 Å². The predicted molar refractivity (Wildman–Crippen MR) is 52.2 cm³/mol. The minimum absolute atomic E-state index is 0.0347. The second-order valence-electron chi connectivity index (χ2n) is 5.30. The van der Waals surface area contributed by atoms with Crippen molar-refractivity contribution in [1.29, 1.82) is 0 Å². The van der Waals surface area contributed by atoms with Crippen LogP contribution in [0.5, 0.6) is 0 Å². The molecule has 1 spiro atoms. The molecule has 1 saturated carbocycles. The van der Waals surface area contributed by atoms with Crippen LogP contribution in [0, 0.1) is 5.92 Å². The largest absolute Gasteiger partial charge is 0.353 e. The van der Waals surface area contributed by atoms with Crippen molar-refractivity contribution in [3.05, 3.63) is 0 Å². The topological polar surface area (TPSA) is 36.9 Å². The molecule has 0 aromatic rings. The lowest BCUT2D eigenvalue weighted by molar-refractivity contribution is -0.234. The first kappa shape index (κ1) is 10.0. The van der Waals surface area contributed by atoms with Gasteiger partial charge in [-0.2, -0.15) is 0 Å². The van der Waals surface area contributed by atoms with Gasteiger partial charge in [-0.05, 0) is 26.2 Å². The zero-order valence-electron chi connectivity index (χ0n) is 9.65. The highest BCUT2D eigenvalue weighted by molar-refractivity contribution is 5.17. The summed E-state index contributed by atoms with van der Waals surface area (Å²) in [5.41, 5.74) is -0.140. The first-order valence-electron chi connectivity index (χ1n) is 5.55. The number of methoxy groups -OCH3 is 1. The number of hydrogen-bond donors (Lipinski definition) is 0. The Balaban J connectivity index is 1.88. The molecule has 0 bridgehead atoms. The van der Waals surface area contributed by atoms with Crippen molar-refractivity contribution in [2.24, 2.45) is 5.92 Å². The van der Waals surface area contributed by atoms with E-state index in [1.807, 2.05) is 13.8 Å². The van der Waals surface area contributed by atoms with Crippen LogP contribution in [0.15, 0.2) is 0 Å². The molecule has 0 aromatic heterocycles. The molecule has 86 valence electrons. The van der Waals surface area contributed by atoms with Gasteiger partial charge in [-0.3, -0.25) is 0 Å². The maximum atomic E-state index is 5.93. The SMILES string of the molecule is CO[C@@H]1O[C@]2(C[C@H]2C)C2OC(C)(C)OC21. The quantitative estimate of drug-likeness (QED) is 0.659. The summed E-state index contributed by atoms with van der Waals surface area (Å²) in [7, 11) is 1.66. The smallest absolute Gasteiger partial charge is 0.186 e. The third kappa shape index (κ3) is 1.22. The molecule has 0 N–H and O–H groups in total. The van der Waals surface area contributed by atoms with E-state index < -0.39 is 5.79 Å². The molecule has 1 aliphatic carbocycles. The van der Waals surface area contributed by atoms with Crippen molar-refractivity contribution in [3.8, 4) is 0 Å². The van der Waals surface area contributed by atoms with E-state index in [4.69, 9.17) is 18.9 Å². The lowest BCUT2D eigenvalue weighted by atomic mass is 10.1. The zero-order valence-corrected chi connectivity index (χ0v) is 9.65. The third-order valence-electron chi connectivity index (χ3n) is 3.75. The lowest BCUT2D eigenvalue weighted by Crippen LogP contribution is -2.32. The van der Waals surface area contributed by atoms with E-state index in [1.54, 1.807) is 7.11 Å². The highest BCUT2D eigenvalue weighted by Gasteiger charge is 2.72. The molecule has 3 aliphatic rings. The molecule has 0 aromatic carbocycles. The Kier molecular flexibility index (Phi) is 1.83. The van der Waals surface area contributed by atoms with Gasteiger partial charge in [0.25, 0.3) is 0 Å². The molecule has 3 rings (SSSR count). The van der Waals surface area contributed by atoms with Crippen LogP contribution < -0.4 is 0 Å². The second kappa shape index (κ2) is 2.74. The summed E-state index contributed by atoms with van der Waals surface area (Å²) in [6.45, 7) is 6.07. The Labute approximate surface area is 89.8 Å². The standard InChI is InChI=1S/C11H18O4/c1-6-5-11(6)8-7(9(12-4)15-11)13-10(2,3)14-8/h6-9H,5H2,1-4H3/t6-,7?,8?,9-,11+/m1/s1. The number of rotatable bonds is 1. The summed E-state index contributed by atoms with van der Waals surface area (Å²) in [4.78, 5) is 0. The molecular formula is C11H18O4. The van der Waals surface area contributed by atoms with E-state index in [9.17, 15) is 0 Å². The molecule has 2 heterocycles. The van der Waals surface area contributed by atoms with Crippen molar-refractivity contribution in [2.75, 3.05) is 7.11 Å². The van der Waals surface area contributed by atoms with Gasteiger partial charge >= 0.3 is 0 Å². The van der Waals surface area contributed by atoms with Crippen LogP contribution in [0.3, 0.4) is 0 Å². The highest BCUT2D eigenvalue weighted by atomic mass is 16.8. The summed E-state index contributed by atoms with van der Waals surface area (Å²) in [6, 6.07) is 0. The monoisotopic (exact) mass is 214 g/mol. The van der Waals surface area contributed by atoms with E-state index in [1.165, 1.54) is 0 Å². The van der Waals surface area contributed by atoms with Gasteiger partial charge in [-0.1, -0.05) is 6.92 Å². The normalized spacial score (nSPS) is 56.0. The van der Waals surface area contributed by atoms with Crippen LogP contribution >= 0.6 is 0 Å². The van der Waals surface area contributed by atoms with E-state index in [-0.39, 0.29) is 24.1 Å². The first-order valence-corrected chi connectivity index (χ1v) is 5.55. The first-order chi connectivity index (χ1) is 6.98. The van der Waals surface area contributed by atoms with Crippen molar-refractivity contribution >= 4 is 0 Å². The van der Waals surface area contributed by atoms with Crippen LogP contribution in [0.2, 0.25) is 0 Å². The Bertz CT molecular complexity index is 290. The van der Waals surface area contributed by atoms with Crippen LogP contribution in [0.4, 0.5) is 0 Å². The van der Waals surface area contributed by atoms with Gasteiger partial charge in [0.15, 0.2) is 12.1 Å². The van der Waals surface area contributed by atoms with Crippen molar-refractivity contribution in [3.63, 3.8) is 0 Å². The summed E-state index contributed by atoms with van der Waals surface area (Å²) < 4.78 is 23.0. The number of fused-ring (bicyclic) bond motifs is 2. The number of ether oxygens (including phenoxy) is 4. The molecule has 5 atom stereocenters. The lowest BCUT2D eigenvalue weighted by Gasteiger charge is -2.23. The molecule has 2 unspecified atom stereocenters. The van der Waals surface area contributed by atoms with Gasteiger partial charge < -0.3 is 18.9 Å². The molecule has 4 nitrogen and oxygen atoms in total. The second-order valence-corrected chi connectivity index (χ2v) is 5.30. The predicted octanol–water partition coefficient (Wildman–Crippen LogP) is 1.29. The van der Waals surface area contributed by atoms with E-state index >= 15 is 0 Å². The Hall–Kier alpha value is -0.160. The maximum absolute atomic E-state index is 5.93. The van der Waals surface area contributed by atoms with Gasteiger partial charge in [0.05, 0.1) is 0 Å². The van der Waals surface area contributed by atoms with E-state index in [2.05, 4.69) is 6.92 Å². The molecule has 2 aliphatic heterocycles. The molecule has 4 heteroatoms. The van der Waals surface area contributed by atoms with Crippen LogP contribution in [0.1, 0.15) is 27.2 Å². The molecular weight excluding hydrogens is 196 g/mol. The Morgan fingerprint density at radius 3 is 2.40 bits per heavy atom. The van der Waals surface area contributed by atoms with Gasteiger partial charge in [0.1, 0.15) is 17.8 Å². The number of hydrogen-bond acceptors (Lipinski definition) is 4. The molecule has 2 saturated heterocycles. The third-order valence-corrected chi connectivity index (χ3v) is 3.75. The van der Waals surface area contributed by atoms with Crippen LogP contribution in [0.25, 0.3) is 0 Å². The van der Waals surface area contributed by atoms with Crippen molar-refractivity contribution < 1.29 is 18.9 Å². The zero-order chi connectivity index (χ0) is 10.8. The van der Waals surface area contributed by atoms with E-state index in [0.29, 0.717) is 5.92 Å². The molecule has 0 amide bonds. The minimum Gasteiger partial charge on any atom is -0.353 e. The van der Waals surface area contributed by atoms with E-state index in [0.717, 1.165) is 6.42 Å². The molecule has 0 radical (unpaired) electrons.